The van der Waals surface area contributed by atoms with Crippen LogP contribution in [0, 0.1) is 0 Å². The molecular weight excluding hydrogens is 464 g/mol. The Balaban J connectivity index is 1.50. The zero-order chi connectivity index (χ0) is 25.7. The van der Waals surface area contributed by atoms with Crippen LogP contribution in [0.1, 0.15) is 30.0 Å². The van der Waals surface area contributed by atoms with Gasteiger partial charge in [0.25, 0.3) is 17.4 Å². The number of carbonyl (C=O) groups is 2. The van der Waals surface area contributed by atoms with E-state index in [2.05, 4.69) is 9.97 Å². The minimum atomic E-state index is -0.255. The Hall–Kier alpha value is -3.92. The van der Waals surface area contributed by atoms with Crippen molar-refractivity contribution in [1.29, 1.82) is 0 Å². The summed E-state index contributed by atoms with van der Waals surface area (Å²) in [5.74, 6) is 0.719. The lowest BCUT2D eigenvalue weighted by atomic mass is 10.1. The molecule has 2 heterocycles. The van der Waals surface area contributed by atoms with E-state index in [1.165, 1.54) is 7.11 Å². The molecule has 1 saturated heterocycles. The number of nitrogens with zero attached hydrogens (tertiary/aromatic N) is 3. The minimum absolute atomic E-state index is 0.130. The van der Waals surface area contributed by atoms with Crippen LogP contribution in [-0.2, 0) is 16.1 Å². The van der Waals surface area contributed by atoms with Crippen LogP contribution in [0.25, 0.3) is 10.9 Å². The van der Waals surface area contributed by atoms with E-state index in [-0.39, 0.29) is 36.6 Å². The van der Waals surface area contributed by atoms with Crippen LogP contribution >= 0.6 is 0 Å². The monoisotopic (exact) mass is 494 g/mol. The van der Waals surface area contributed by atoms with Gasteiger partial charge < -0.3 is 29.0 Å². The Labute approximate surface area is 208 Å². The van der Waals surface area contributed by atoms with Crippen LogP contribution in [0.15, 0.2) is 47.3 Å². The predicted molar refractivity (Wildman–Crippen MR) is 133 cm³/mol. The highest BCUT2D eigenvalue weighted by molar-refractivity contribution is 5.95. The van der Waals surface area contributed by atoms with Crippen molar-refractivity contribution in [2.24, 2.45) is 0 Å². The second-order valence-corrected chi connectivity index (χ2v) is 8.70. The molecule has 4 rings (SSSR count). The third-order valence-electron chi connectivity index (χ3n) is 5.99. The molecule has 0 saturated carbocycles. The molecule has 10 heteroatoms. The van der Waals surface area contributed by atoms with Crippen LogP contribution in [0.2, 0.25) is 0 Å². The molecule has 0 aliphatic carbocycles. The number of H-pyrrole nitrogens is 1. The SMILES string of the molecule is COc1cc(C(=O)N(Cc2nc3ccccc3c(=O)[nH]2)C(C)C)ccc1OCC(=O)N1CCOCC1. The highest BCUT2D eigenvalue weighted by Crippen LogP contribution is 2.29. The molecule has 2 aromatic carbocycles. The fourth-order valence-electron chi connectivity index (χ4n) is 3.99. The van der Waals surface area contributed by atoms with E-state index in [1.807, 2.05) is 19.9 Å². The second-order valence-electron chi connectivity index (χ2n) is 8.70. The van der Waals surface area contributed by atoms with Crippen LogP contribution in [0.4, 0.5) is 0 Å². The Bertz CT molecular complexity index is 1300. The molecule has 1 aliphatic heterocycles. The van der Waals surface area contributed by atoms with E-state index in [0.717, 1.165) is 0 Å². The molecule has 1 fully saturated rings. The van der Waals surface area contributed by atoms with Gasteiger partial charge in [-0.25, -0.2) is 4.98 Å². The van der Waals surface area contributed by atoms with Crippen molar-refractivity contribution in [3.63, 3.8) is 0 Å². The fraction of sp³-hybridized carbons (Fsp3) is 0.385. The number of nitrogens with one attached hydrogen (secondary N) is 1. The molecular formula is C26H30N4O6. The van der Waals surface area contributed by atoms with E-state index < -0.39 is 0 Å². The van der Waals surface area contributed by atoms with Crippen molar-refractivity contribution in [2.45, 2.75) is 26.4 Å². The minimum Gasteiger partial charge on any atom is -0.493 e. The van der Waals surface area contributed by atoms with Gasteiger partial charge in [-0.2, -0.15) is 0 Å². The van der Waals surface area contributed by atoms with Crippen molar-refractivity contribution in [3.05, 3.63) is 64.2 Å². The Morgan fingerprint density at radius 1 is 1.14 bits per heavy atom. The van der Waals surface area contributed by atoms with Crippen molar-refractivity contribution in [1.82, 2.24) is 19.8 Å². The molecule has 0 radical (unpaired) electrons. The zero-order valence-corrected chi connectivity index (χ0v) is 20.7. The van der Waals surface area contributed by atoms with Crippen molar-refractivity contribution in [2.75, 3.05) is 40.0 Å². The number of carbonyl (C=O) groups excluding carboxylic acids is 2. The molecule has 0 atom stereocenters. The topological polar surface area (TPSA) is 114 Å². The van der Waals surface area contributed by atoms with Gasteiger partial charge in [-0.05, 0) is 44.2 Å². The highest BCUT2D eigenvalue weighted by Gasteiger charge is 2.23. The van der Waals surface area contributed by atoms with Gasteiger partial charge in [0.2, 0.25) is 0 Å². The summed E-state index contributed by atoms with van der Waals surface area (Å²) in [6.07, 6.45) is 0. The van der Waals surface area contributed by atoms with Crippen LogP contribution < -0.4 is 15.0 Å². The van der Waals surface area contributed by atoms with Crippen LogP contribution in [0.3, 0.4) is 0 Å². The van der Waals surface area contributed by atoms with E-state index in [4.69, 9.17) is 14.2 Å². The van der Waals surface area contributed by atoms with E-state index in [1.54, 1.807) is 46.2 Å². The molecule has 1 aliphatic rings. The number of para-hydroxylation sites is 1. The molecule has 36 heavy (non-hydrogen) atoms. The molecule has 190 valence electrons. The number of methoxy groups -OCH3 is 1. The molecule has 2 amide bonds. The summed E-state index contributed by atoms with van der Waals surface area (Å²) in [6.45, 7) is 5.88. The maximum atomic E-state index is 13.4. The summed E-state index contributed by atoms with van der Waals surface area (Å²) in [5.41, 5.74) is 0.708. The maximum Gasteiger partial charge on any atom is 0.260 e. The first-order valence-electron chi connectivity index (χ1n) is 11.8. The van der Waals surface area contributed by atoms with E-state index >= 15 is 0 Å². The highest BCUT2D eigenvalue weighted by atomic mass is 16.5. The second kappa shape index (κ2) is 11.2. The Morgan fingerprint density at radius 2 is 1.89 bits per heavy atom. The largest absolute Gasteiger partial charge is 0.493 e. The zero-order valence-electron chi connectivity index (χ0n) is 20.7. The van der Waals surface area contributed by atoms with E-state index in [0.29, 0.717) is 60.1 Å². The first-order chi connectivity index (χ1) is 17.4. The number of ether oxygens (including phenoxy) is 3. The van der Waals surface area contributed by atoms with Gasteiger partial charge in [-0.15, -0.1) is 0 Å². The van der Waals surface area contributed by atoms with Crippen molar-refractivity contribution in [3.8, 4) is 11.5 Å². The number of morpholine rings is 1. The number of benzene rings is 2. The molecule has 0 unspecified atom stereocenters. The number of amides is 2. The smallest absolute Gasteiger partial charge is 0.260 e. The molecule has 0 bridgehead atoms. The van der Waals surface area contributed by atoms with Gasteiger partial charge >= 0.3 is 0 Å². The molecule has 0 spiro atoms. The summed E-state index contributed by atoms with van der Waals surface area (Å²) < 4.78 is 16.4. The van der Waals surface area contributed by atoms with Gasteiger partial charge in [0.15, 0.2) is 18.1 Å². The average Bonchev–Trinajstić information content (AvgIpc) is 2.90. The summed E-state index contributed by atoms with van der Waals surface area (Å²) in [6, 6.07) is 11.7. The lowest BCUT2D eigenvalue weighted by Crippen LogP contribution is -2.43. The molecule has 3 aromatic rings. The Kier molecular flexibility index (Phi) is 7.84. The number of fused-ring (bicyclic) bond motifs is 1. The lowest BCUT2D eigenvalue weighted by Gasteiger charge is -2.27. The summed E-state index contributed by atoms with van der Waals surface area (Å²) >= 11 is 0. The van der Waals surface area contributed by atoms with Crippen LogP contribution in [-0.4, -0.2) is 77.6 Å². The average molecular weight is 495 g/mol. The van der Waals surface area contributed by atoms with Crippen molar-refractivity contribution >= 4 is 22.7 Å². The number of hydrogen-bond donors (Lipinski definition) is 1. The first kappa shape index (κ1) is 25.2. The van der Waals surface area contributed by atoms with Crippen LogP contribution in [0.5, 0.6) is 11.5 Å². The number of rotatable bonds is 8. The third-order valence-corrected chi connectivity index (χ3v) is 5.99. The Morgan fingerprint density at radius 3 is 2.61 bits per heavy atom. The van der Waals surface area contributed by atoms with Gasteiger partial charge in [0, 0.05) is 24.7 Å². The van der Waals surface area contributed by atoms with Gasteiger partial charge in [0.05, 0.1) is 37.8 Å². The van der Waals surface area contributed by atoms with E-state index in [9.17, 15) is 14.4 Å². The summed E-state index contributed by atoms with van der Waals surface area (Å²) in [7, 11) is 1.48. The number of aromatic nitrogens is 2. The summed E-state index contributed by atoms with van der Waals surface area (Å²) in [4.78, 5) is 48.9. The summed E-state index contributed by atoms with van der Waals surface area (Å²) in [5, 5.41) is 0.496. The molecule has 10 nitrogen and oxygen atoms in total. The lowest BCUT2D eigenvalue weighted by molar-refractivity contribution is -0.137. The number of hydrogen-bond acceptors (Lipinski definition) is 7. The van der Waals surface area contributed by atoms with Gasteiger partial charge in [-0.1, -0.05) is 12.1 Å². The van der Waals surface area contributed by atoms with Gasteiger partial charge in [0.1, 0.15) is 5.82 Å². The third kappa shape index (κ3) is 5.65. The first-order valence-corrected chi connectivity index (χ1v) is 11.8. The molecule has 1 N–H and O–H groups in total. The quantitative estimate of drug-likeness (QED) is 0.511. The predicted octanol–water partition coefficient (Wildman–Crippen LogP) is 2.22. The normalized spacial score (nSPS) is 13.6. The number of aromatic amines is 1. The maximum absolute atomic E-state index is 13.4. The molecule has 1 aromatic heterocycles. The standard InChI is InChI=1S/C26H30N4O6/c1-17(2)30(15-23-27-20-7-5-4-6-19(20)25(32)28-23)26(33)18-8-9-21(22(14-18)34-3)36-16-24(31)29-10-12-35-13-11-29/h4-9,14,17H,10-13,15-16H2,1-3H3,(H,27,28,32). The van der Waals surface area contributed by atoms with Crippen molar-refractivity contribution < 1.29 is 23.8 Å². The van der Waals surface area contributed by atoms with Gasteiger partial charge in [-0.3, -0.25) is 14.4 Å². The fourth-order valence-corrected chi connectivity index (χ4v) is 3.99.